The van der Waals surface area contributed by atoms with Crippen molar-refractivity contribution in [1.29, 1.82) is 0 Å². The maximum atomic E-state index is 13.9. The fourth-order valence-electron chi connectivity index (χ4n) is 8.39. The molecule has 14 nitrogen and oxygen atoms in total. The van der Waals surface area contributed by atoms with Crippen molar-refractivity contribution >= 4 is 39.0 Å². The summed E-state index contributed by atoms with van der Waals surface area (Å²) in [5.41, 5.74) is 0.205. The van der Waals surface area contributed by atoms with E-state index in [9.17, 15) is 31.6 Å². The monoisotopic (exact) mass is 770 g/mol. The van der Waals surface area contributed by atoms with E-state index in [1.807, 2.05) is 31.2 Å². The lowest BCUT2D eigenvalue weighted by Crippen LogP contribution is -2.55. The summed E-state index contributed by atoms with van der Waals surface area (Å²) in [6.45, 7) is 5.36. The van der Waals surface area contributed by atoms with Gasteiger partial charge in [-0.25, -0.2) is 13.8 Å². The number of hydrogen-bond donors (Lipinski definition) is 2. The summed E-state index contributed by atoms with van der Waals surface area (Å²) in [5, 5.41) is 6.05. The number of anilines is 1. The van der Waals surface area contributed by atoms with Crippen LogP contribution in [-0.4, -0.2) is 113 Å². The molecule has 4 aliphatic rings. The summed E-state index contributed by atoms with van der Waals surface area (Å²) in [7, 11) is -2.09. The maximum Gasteiger partial charge on any atom is 0.282 e. The van der Waals surface area contributed by atoms with Crippen LogP contribution in [0.1, 0.15) is 86.9 Å². The first-order valence-electron chi connectivity index (χ1n) is 18.8. The summed E-state index contributed by atoms with van der Waals surface area (Å²) >= 11 is 0. The van der Waals surface area contributed by atoms with Crippen LogP contribution in [0.25, 0.3) is 11.0 Å². The topological polar surface area (TPSA) is 159 Å². The van der Waals surface area contributed by atoms with Crippen LogP contribution in [0.4, 0.5) is 14.7 Å². The van der Waals surface area contributed by atoms with Crippen LogP contribution in [-0.2, 0) is 31.0 Å². The first kappa shape index (κ1) is 38.4. The van der Waals surface area contributed by atoms with Crippen LogP contribution >= 0.6 is 0 Å². The predicted molar refractivity (Wildman–Crippen MR) is 197 cm³/mol. The number of carbonyl (C=O) groups excluding carboxylic acids is 2. The third-order valence-electron chi connectivity index (χ3n) is 11.8. The minimum Gasteiger partial charge on any atom is -0.376 e. The molecule has 3 aromatic rings. The number of piperazine rings is 1. The van der Waals surface area contributed by atoms with Crippen molar-refractivity contribution in [3.05, 3.63) is 63.6 Å². The molecule has 17 heteroatoms. The number of halogens is 2. The molecule has 3 saturated heterocycles. The minimum absolute atomic E-state index is 0.125. The first-order chi connectivity index (χ1) is 25.9. The Morgan fingerprint density at radius 3 is 2.37 bits per heavy atom. The third-order valence-corrected chi connectivity index (χ3v) is 13.8. The number of nitrogens with zero attached hydrogens (tertiary/aromatic N) is 6. The van der Waals surface area contributed by atoms with E-state index in [0.29, 0.717) is 83.2 Å². The Kier molecular flexibility index (Phi) is 11.1. The Bertz CT molecular complexity index is 2030. The molecule has 3 aliphatic heterocycles. The number of carbonyl (C=O) groups is 2. The molecule has 2 amide bonds. The molecule has 0 radical (unpaired) electrons. The Morgan fingerprint density at radius 1 is 1.00 bits per heavy atom. The Labute approximate surface area is 313 Å². The molecule has 1 aliphatic carbocycles. The normalized spacial score (nSPS) is 25.4. The first-order valence-corrected chi connectivity index (χ1v) is 20.2. The Balaban J connectivity index is 0.921. The van der Waals surface area contributed by atoms with Gasteiger partial charge in [0.25, 0.3) is 22.2 Å². The number of piperidine rings is 2. The van der Waals surface area contributed by atoms with Gasteiger partial charge in [-0.15, -0.1) is 0 Å². The van der Waals surface area contributed by atoms with Gasteiger partial charge in [0.1, 0.15) is 5.65 Å². The van der Waals surface area contributed by atoms with Crippen LogP contribution in [0.2, 0.25) is 0 Å². The molecule has 2 aromatic heterocycles. The highest BCUT2D eigenvalue weighted by Gasteiger charge is 2.42. The van der Waals surface area contributed by atoms with Crippen molar-refractivity contribution in [1.82, 2.24) is 33.4 Å². The molecule has 4 fully saturated rings. The highest BCUT2D eigenvalue weighted by molar-refractivity contribution is 7.86. The summed E-state index contributed by atoms with van der Waals surface area (Å²) in [5.74, 6) is -0.532. The number of hydrogen-bond acceptors (Lipinski definition) is 10. The van der Waals surface area contributed by atoms with Crippen molar-refractivity contribution in [3.63, 3.8) is 0 Å². The Morgan fingerprint density at radius 2 is 1.70 bits per heavy atom. The van der Waals surface area contributed by atoms with Crippen LogP contribution < -0.4 is 16.2 Å². The van der Waals surface area contributed by atoms with Gasteiger partial charge in [0.15, 0.2) is 0 Å². The van der Waals surface area contributed by atoms with Crippen molar-refractivity contribution in [2.24, 2.45) is 0 Å². The van der Waals surface area contributed by atoms with Gasteiger partial charge >= 0.3 is 0 Å². The average Bonchev–Trinajstić information content (AvgIpc) is 3.55. The molecule has 1 saturated carbocycles. The molecular weight excluding hydrogens is 723 g/mol. The fourth-order valence-corrected chi connectivity index (χ4v) is 10.0. The summed E-state index contributed by atoms with van der Waals surface area (Å²) < 4.78 is 65.4. The van der Waals surface area contributed by atoms with E-state index in [-0.39, 0.29) is 35.4 Å². The van der Waals surface area contributed by atoms with Gasteiger partial charge in [-0.3, -0.25) is 24.3 Å². The van der Waals surface area contributed by atoms with Crippen molar-refractivity contribution in [2.45, 2.75) is 88.3 Å². The number of ether oxygens (including phenoxy) is 1. The lowest BCUT2D eigenvalue weighted by atomic mass is 9.90. The largest absolute Gasteiger partial charge is 0.376 e. The number of amides is 2. The van der Waals surface area contributed by atoms with E-state index in [4.69, 9.17) is 4.74 Å². The lowest BCUT2D eigenvalue weighted by Gasteiger charge is -2.39. The van der Waals surface area contributed by atoms with Gasteiger partial charge < -0.3 is 15.0 Å². The molecular formula is C37H48F2N8O6S. The van der Waals surface area contributed by atoms with E-state index in [0.717, 1.165) is 36.6 Å². The fraction of sp³-hybridized carbons (Fsp3) is 0.595. The molecule has 54 heavy (non-hydrogen) atoms. The third kappa shape index (κ3) is 7.78. The van der Waals surface area contributed by atoms with Crippen molar-refractivity contribution in [2.75, 3.05) is 58.2 Å². The second kappa shape index (κ2) is 15.7. The van der Waals surface area contributed by atoms with Gasteiger partial charge in [0, 0.05) is 77.0 Å². The minimum atomic E-state index is -3.65. The predicted octanol–water partition coefficient (Wildman–Crippen LogP) is 3.36. The lowest BCUT2D eigenvalue weighted by molar-refractivity contribution is -0.134. The maximum absolute atomic E-state index is 13.9. The number of imide groups is 1. The average molecular weight is 771 g/mol. The summed E-state index contributed by atoms with van der Waals surface area (Å²) in [4.78, 5) is 48.4. The standard InChI is InChI=1S/C37H48F2N8O6S/c1-37(53-2)14-3-4-30(37)47-33-26(22-29(32(38)39)35(47)50)23-40-36(43-33)41-27-12-16-45(17-13-27)54(51,52)46-20-18-44(19-21-46)15-11-24-5-7-25(8-6-24)28-9-10-31(48)42-34(28)49/h5-8,22-23,27-28,30,32H,3-4,9-21H2,1-2H3,(H,40,41,43)(H,42,48,49)/t28?,30-,37-/m1/s1. The van der Waals surface area contributed by atoms with Crippen LogP contribution in [0.3, 0.4) is 0 Å². The number of pyridine rings is 1. The smallest absolute Gasteiger partial charge is 0.282 e. The second-order valence-corrected chi connectivity index (χ2v) is 17.0. The van der Waals surface area contributed by atoms with Crippen LogP contribution in [0.5, 0.6) is 0 Å². The highest BCUT2D eigenvalue weighted by Crippen LogP contribution is 2.42. The molecule has 1 aromatic carbocycles. The molecule has 2 N–H and O–H groups in total. The van der Waals surface area contributed by atoms with Gasteiger partial charge in [0.2, 0.25) is 17.8 Å². The van der Waals surface area contributed by atoms with Crippen LogP contribution in [0.15, 0.2) is 41.3 Å². The zero-order valence-corrected chi connectivity index (χ0v) is 31.5. The molecule has 7 rings (SSSR count). The SMILES string of the molecule is CO[C@]1(C)CCC[C@H]1n1c(=O)c(C(F)F)cc2cnc(NC3CCN(S(=O)(=O)N4CCN(CCc5ccc(C6CCC(=O)NC6=O)cc5)CC4)CC3)nc21. The Hall–Kier alpha value is -3.90. The number of rotatable bonds is 11. The van der Waals surface area contributed by atoms with E-state index in [1.54, 1.807) is 11.4 Å². The van der Waals surface area contributed by atoms with Crippen LogP contribution in [0, 0.1) is 0 Å². The number of nitrogens with one attached hydrogen (secondary N) is 2. The second-order valence-electron chi connectivity index (χ2n) is 15.0. The number of aromatic nitrogens is 3. The molecule has 0 bridgehead atoms. The van der Waals surface area contributed by atoms with Gasteiger partial charge in [-0.1, -0.05) is 24.3 Å². The summed E-state index contributed by atoms with van der Waals surface area (Å²) in [6.07, 6.45) is 3.24. The zero-order valence-electron chi connectivity index (χ0n) is 30.7. The number of fused-ring (bicyclic) bond motifs is 1. The zero-order chi connectivity index (χ0) is 38.2. The van der Waals surface area contributed by atoms with E-state index in [1.165, 1.54) is 15.1 Å². The quantitative estimate of drug-likeness (QED) is 0.277. The van der Waals surface area contributed by atoms with Crippen molar-refractivity contribution < 1.29 is 31.5 Å². The molecule has 3 atom stereocenters. The summed E-state index contributed by atoms with van der Waals surface area (Å²) in [6, 6.07) is 8.50. The molecule has 292 valence electrons. The van der Waals surface area contributed by atoms with E-state index >= 15 is 0 Å². The number of methoxy groups -OCH3 is 1. The van der Waals surface area contributed by atoms with E-state index < -0.39 is 39.4 Å². The van der Waals surface area contributed by atoms with Crippen molar-refractivity contribution in [3.8, 4) is 0 Å². The molecule has 0 spiro atoms. The number of alkyl halides is 2. The highest BCUT2D eigenvalue weighted by atomic mass is 32.2. The van der Waals surface area contributed by atoms with Gasteiger partial charge in [-0.2, -0.15) is 22.0 Å². The van der Waals surface area contributed by atoms with Gasteiger partial charge in [-0.05, 0) is 69.1 Å². The molecule has 1 unspecified atom stereocenters. The van der Waals surface area contributed by atoms with E-state index in [2.05, 4.69) is 25.5 Å². The van der Waals surface area contributed by atoms with Gasteiger partial charge in [0.05, 0.1) is 23.1 Å². The number of benzene rings is 1. The molecule has 5 heterocycles.